The Morgan fingerprint density at radius 3 is 2.71 bits per heavy atom. The van der Waals surface area contributed by atoms with Crippen molar-refractivity contribution in [2.45, 2.75) is 0 Å². The molecule has 38 valence electrons. The van der Waals surface area contributed by atoms with Crippen molar-refractivity contribution < 1.29 is 4.79 Å². The lowest BCUT2D eigenvalue weighted by Crippen LogP contribution is -2.13. The van der Waals surface area contributed by atoms with Gasteiger partial charge in [0, 0.05) is 13.1 Å². The van der Waals surface area contributed by atoms with Crippen LogP contribution in [0.4, 0.5) is 0 Å². The van der Waals surface area contributed by atoms with Gasteiger partial charge in [-0.05, 0) is 0 Å². The first-order valence-corrected chi connectivity index (χ1v) is 1.89. The van der Waals surface area contributed by atoms with Crippen molar-refractivity contribution in [2.24, 2.45) is 0 Å². The Kier molecular flexibility index (Phi) is 2.73. The Morgan fingerprint density at radius 2 is 2.57 bits per heavy atom. The van der Waals surface area contributed by atoms with Crippen LogP contribution in [0.25, 0.3) is 0 Å². The molecule has 0 heterocycles. The summed E-state index contributed by atoms with van der Waals surface area (Å²) in [5.41, 5.74) is 2.33. The first kappa shape index (κ1) is 5.99. The molecule has 0 atom stereocenters. The molecule has 0 aliphatic heterocycles. The molecule has 0 radical (unpaired) electrons. The highest BCUT2D eigenvalue weighted by Gasteiger charge is 1.81. The van der Waals surface area contributed by atoms with Gasteiger partial charge in [-0.25, -0.2) is 0 Å². The fourth-order valence-corrected chi connectivity index (χ4v) is 0.165. The lowest BCUT2D eigenvalue weighted by molar-refractivity contribution is -0.116. The molecule has 0 rings (SSSR count). The minimum atomic E-state index is -0.171. The van der Waals surface area contributed by atoms with Crippen molar-refractivity contribution in [3.05, 3.63) is 18.4 Å². The van der Waals surface area contributed by atoms with Gasteiger partial charge in [0.15, 0.2) is 0 Å². The van der Waals surface area contributed by atoms with Gasteiger partial charge in [-0.1, -0.05) is 6.58 Å². The summed E-state index contributed by atoms with van der Waals surface area (Å²) >= 11 is 0. The molecule has 1 amide bonds. The van der Waals surface area contributed by atoms with E-state index in [2.05, 4.69) is 17.6 Å². The maximum absolute atomic E-state index is 10.1. The van der Waals surface area contributed by atoms with Crippen molar-refractivity contribution in [3.8, 4) is 0 Å². The predicted molar refractivity (Wildman–Crippen MR) is 27.8 cm³/mol. The van der Waals surface area contributed by atoms with Crippen LogP contribution in [0.15, 0.2) is 18.4 Å². The molecule has 0 bridgehead atoms. The van der Waals surface area contributed by atoms with Gasteiger partial charge in [0.1, 0.15) is 0 Å². The van der Waals surface area contributed by atoms with E-state index in [1.54, 1.807) is 7.05 Å². The Hall–Kier alpha value is -1.01. The third-order valence-electron chi connectivity index (χ3n) is 0.480. The van der Waals surface area contributed by atoms with E-state index in [0.717, 1.165) is 0 Å². The van der Waals surface area contributed by atoms with E-state index >= 15 is 0 Å². The number of hydrogen-bond acceptors (Lipinski definition) is 1. The van der Waals surface area contributed by atoms with Crippen molar-refractivity contribution in [3.63, 3.8) is 0 Å². The average Bonchev–Trinajstić information content (AvgIpc) is 1.68. The zero-order valence-electron chi connectivity index (χ0n) is 4.19. The molecular formula is C5H7NO. The van der Waals surface area contributed by atoms with Crippen molar-refractivity contribution in [1.82, 2.24) is 5.32 Å². The second-order valence-corrected chi connectivity index (χ2v) is 0.963. The Balaban J connectivity index is 3.58. The molecule has 0 aliphatic rings. The summed E-state index contributed by atoms with van der Waals surface area (Å²) in [6.07, 6.45) is 1.24. The minimum Gasteiger partial charge on any atom is -0.355 e. The number of amides is 1. The fourth-order valence-electron chi connectivity index (χ4n) is 0.165. The molecule has 7 heavy (non-hydrogen) atoms. The lowest BCUT2D eigenvalue weighted by atomic mass is 10.6. The van der Waals surface area contributed by atoms with E-state index in [4.69, 9.17) is 0 Å². The molecule has 0 unspecified atom stereocenters. The zero-order chi connectivity index (χ0) is 5.70. The van der Waals surface area contributed by atoms with Gasteiger partial charge in [-0.3, -0.25) is 4.79 Å². The molecule has 0 saturated carbocycles. The van der Waals surface area contributed by atoms with Crippen LogP contribution in [0.2, 0.25) is 0 Å². The second-order valence-electron chi connectivity index (χ2n) is 0.963. The topological polar surface area (TPSA) is 29.1 Å². The highest BCUT2D eigenvalue weighted by molar-refractivity contribution is 5.86. The number of hydrogen-bond donors (Lipinski definition) is 1. The van der Waals surface area contributed by atoms with E-state index in [1.165, 1.54) is 6.08 Å². The Bertz CT molecular complexity index is 111. The van der Waals surface area contributed by atoms with Crippen LogP contribution in [-0.2, 0) is 4.79 Å². The molecule has 0 spiro atoms. The summed E-state index contributed by atoms with van der Waals surface area (Å²) in [6.45, 7) is 3.21. The summed E-state index contributed by atoms with van der Waals surface area (Å²) in [7, 11) is 1.55. The third-order valence-corrected chi connectivity index (χ3v) is 0.480. The van der Waals surface area contributed by atoms with Crippen LogP contribution in [0.5, 0.6) is 0 Å². The molecule has 0 fully saturated rings. The standard InChI is InChI=1S/C5H7NO/c1-3-4-5(7)6-2/h4H,1H2,2H3,(H,6,7). The smallest absolute Gasteiger partial charge is 0.251 e. The summed E-state index contributed by atoms with van der Waals surface area (Å²) in [6, 6.07) is 0. The van der Waals surface area contributed by atoms with E-state index in [-0.39, 0.29) is 5.91 Å². The van der Waals surface area contributed by atoms with Crippen molar-refractivity contribution >= 4 is 5.91 Å². The molecule has 0 aromatic rings. The fraction of sp³-hybridized carbons (Fsp3) is 0.200. The molecular weight excluding hydrogens is 90.1 g/mol. The number of nitrogens with one attached hydrogen (secondary N) is 1. The first-order chi connectivity index (χ1) is 3.31. The summed E-state index contributed by atoms with van der Waals surface area (Å²) in [5.74, 6) is -0.171. The van der Waals surface area contributed by atoms with Gasteiger partial charge in [-0.2, -0.15) is 0 Å². The van der Waals surface area contributed by atoms with Gasteiger partial charge in [0.25, 0.3) is 5.91 Å². The lowest BCUT2D eigenvalue weighted by Gasteiger charge is -1.82. The molecule has 0 aromatic carbocycles. The van der Waals surface area contributed by atoms with Crippen LogP contribution in [-0.4, -0.2) is 13.0 Å². The van der Waals surface area contributed by atoms with Crippen LogP contribution >= 0.6 is 0 Å². The molecule has 0 aliphatic carbocycles. The van der Waals surface area contributed by atoms with E-state index in [1.807, 2.05) is 0 Å². The largest absolute Gasteiger partial charge is 0.355 e. The zero-order valence-corrected chi connectivity index (χ0v) is 4.19. The van der Waals surface area contributed by atoms with Crippen molar-refractivity contribution in [1.29, 1.82) is 0 Å². The predicted octanol–water partition coefficient (Wildman–Crippen LogP) is 0.0735. The highest BCUT2D eigenvalue weighted by atomic mass is 16.1. The number of likely N-dealkylation sites (N-methyl/N-ethyl adjacent to an activating group) is 1. The molecule has 2 heteroatoms. The van der Waals surface area contributed by atoms with E-state index in [9.17, 15) is 4.79 Å². The van der Waals surface area contributed by atoms with Gasteiger partial charge in [0.2, 0.25) is 0 Å². The maximum atomic E-state index is 10.1. The van der Waals surface area contributed by atoms with Crippen LogP contribution in [0.1, 0.15) is 0 Å². The SMILES string of the molecule is C=C=CC(=O)NC. The Labute approximate surface area is 42.5 Å². The molecule has 1 N–H and O–H groups in total. The number of carbonyl (C=O) groups is 1. The molecule has 0 saturated heterocycles. The number of carbonyl (C=O) groups excluding carboxylic acids is 1. The van der Waals surface area contributed by atoms with Crippen LogP contribution in [0.3, 0.4) is 0 Å². The minimum absolute atomic E-state index is 0.171. The van der Waals surface area contributed by atoms with Gasteiger partial charge in [-0.15, -0.1) is 5.73 Å². The summed E-state index contributed by atoms with van der Waals surface area (Å²) in [4.78, 5) is 10.1. The Morgan fingerprint density at radius 1 is 2.00 bits per heavy atom. The monoisotopic (exact) mass is 97.1 g/mol. The average molecular weight is 97.1 g/mol. The van der Waals surface area contributed by atoms with E-state index < -0.39 is 0 Å². The summed E-state index contributed by atoms with van der Waals surface area (Å²) < 4.78 is 0. The number of rotatable bonds is 1. The first-order valence-electron chi connectivity index (χ1n) is 1.89. The normalized spacial score (nSPS) is 6.43. The molecule has 2 nitrogen and oxygen atoms in total. The highest BCUT2D eigenvalue weighted by Crippen LogP contribution is 1.60. The van der Waals surface area contributed by atoms with Crippen LogP contribution in [0, 0.1) is 0 Å². The van der Waals surface area contributed by atoms with Gasteiger partial charge >= 0.3 is 0 Å². The quantitative estimate of drug-likeness (QED) is 0.364. The van der Waals surface area contributed by atoms with Crippen molar-refractivity contribution in [2.75, 3.05) is 7.05 Å². The molecule has 0 aromatic heterocycles. The van der Waals surface area contributed by atoms with Gasteiger partial charge in [0.05, 0.1) is 0 Å². The maximum Gasteiger partial charge on any atom is 0.251 e. The second kappa shape index (κ2) is 3.19. The van der Waals surface area contributed by atoms with Gasteiger partial charge < -0.3 is 5.32 Å². The van der Waals surface area contributed by atoms with Crippen LogP contribution < -0.4 is 5.32 Å². The third kappa shape index (κ3) is 2.80. The summed E-state index contributed by atoms with van der Waals surface area (Å²) in [5, 5.41) is 2.37. The van der Waals surface area contributed by atoms with E-state index in [0.29, 0.717) is 0 Å².